The Balaban J connectivity index is 1.75. The van der Waals surface area contributed by atoms with Crippen molar-refractivity contribution in [3.05, 3.63) is 77.6 Å². The van der Waals surface area contributed by atoms with E-state index in [1.807, 2.05) is 30.6 Å². The lowest BCUT2D eigenvalue weighted by atomic mass is 10.0. The normalized spacial score (nSPS) is 11.9. The van der Waals surface area contributed by atoms with Crippen molar-refractivity contribution >= 4 is 17.2 Å². The number of benzene rings is 2. The van der Waals surface area contributed by atoms with Gasteiger partial charge in [0.2, 0.25) is 0 Å². The van der Waals surface area contributed by atoms with E-state index in [1.165, 1.54) is 0 Å². The van der Waals surface area contributed by atoms with Gasteiger partial charge in [0.25, 0.3) is 0 Å². The van der Waals surface area contributed by atoms with Crippen LogP contribution in [0, 0.1) is 0 Å². The number of nitrogens with two attached hydrogens (primary N) is 2. The van der Waals surface area contributed by atoms with Gasteiger partial charge in [0, 0.05) is 29.1 Å². The Kier molecular flexibility index (Phi) is 5.27. The van der Waals surface area contributed by atoms with Crippen LogP contribution in [0.25, 0.3) is 0 Å². The third-order valence-electron chi connectivity index (χ3n) is 4.29. The molecule has 1 heterocycles. The highest BCUT2D eigenvalue weighted by molar-refractivity contribution is 6.09. The highest BCUT2D eigenvalue weighted by Gasteiger charge is 2.14. The summed E-state index contributed by atoms with van der Waals surface area (Å²) in [6.45, 7) is 2.13. The van der Waals surface area contributed by atoms with Crippen LogP contribution >= 0.6 is 0 Å². The van der Waals surface area contributed by atoms with Crippen LogP contribution in [0.2, 0.25) is 0 Å². The Morgan fingerprint density at radius 2 is 1.77 bits per heavy atom. The van der Waals surface area contributed by atoms with Gasteiger partial charge < -0.3 is 21.2 Å². The van der Waals surface area contributed by atoms with E-state index < -0.39 is 0 Å². The van der Waals surface area contributed by atoms with Crippen molar-refractivity contribution in [3.63, 3.8) is 0 Å². The molecule has 134 valence electrons. The van der Waals surface area contributed by atoms with Crippen molar-refractivity contribution < 1.29 is 9.53 Å². The number of ether oxygens (including phenoxy) is 1. The van der Waals surface area contributed by atoms with Crippen LogP contribution in [-0.4, -0.2) is 10.8 Å². The van der Waals surface area contributed by atoms with Gasteiger partial charge in [0.05, 0.1) is 11.4 Å². The molecule has 0 saturated carbocycles. The lowest BCUT2D eigenvalue weighted by molar-refractivity contribution is 0.103. The molecule has 1 unspecified atom stereocenters. The first-order valence-corrected chi connectivity index (χ1v) is 8.67. The number of nitrogen functional groups attached to an aromatic ring is 2. The van der Waals surface area contributed by atoms with Crippen LogP contribution in [-0.2, 0) is 0 Å². The van der Waals surface area contributed by atoms with E-state index in [9.17, 15) is 4.79 Å². The second kappa shape index (κ2) is 7.78. The van der Waals surface area contributed by atoms with Gasteiger partial charge in [-0.05, 0) is 55.0 Å². The van der Waals surface area contributed by atoms with E-state index in [2.05, 4.69) is 11.9 Å². The molecule has 26 heavy (non-hydrogen) atoms. The second-order valence-electron chi connectivity index (χ2n) is 6.24. The first-order chi connectivity index (χ1) is 12.6. The zero-order valence-electron chi connectivity index (χ0n) is 14.7. The van der Waals surface area contributed by atoms with Crippen LogP contribution in [0.1, 0.15) is 47.4 Å². The average molecular weight is 349 g/mol. The van der Waals surface area contributed by atoms with Crippen LogP contribution in [0.3, 0.4) is 0 Å². The second-order valence-corrected chi connectivity index (χ2v) is 6.24. The number of hydrogen-bond acceptors (Lipinski definition) is 4. The summed E-state index contributed by atoms with van der Waals surface area (Å²) >= 11 is 0. The monoisotopic (exact) mass is 349 g/mol. The quantitative estimate of drug-likeness (QED) is 0.437. The van der Waals surface area contributed by atoms with Gasteiger partial charge >= 0.3 is 0 Å². The summed E-state index contributed by atoms with van der Waals surface area (Å²) in [7, 11) is 0. The Hall–Kier alpha value is -3.21. The Morgan fingerprint density at radius 1 is 1.04 bits per heavy atom. The number of carbonyl (C=O) groups is 1. The van der Waals surface area contributed by atoms with Crippen molar-refractivity contribution in [2.75, 3.05) is 11.5 Å². The maximum atomic E-state index is 12.6. The molecule has 1 aromatic heterocycles. The molecular weight excluding hydrogens is 326 g/mol. The number of aromatic amines is 1. The maximum absolute atomic E-state index is 12.6. The van der Waals surface area contributed by atoms with Crippen molar-refractivity contribution in [3.8, 4) is 5.75 Å². The number of H-pyrrole nitrogens is 1. The van der Waals surface area contributed by atoms with Gasteiger partial charge in [-0.15, -0.1) is 0 Å². The van der Waals surface area contributed by atoms with E-state index in [-0.39, 0.29) is 11.9 Å². The first kappa shape index (κ1) is 17.6. The SMILES string of the molecule is CCCC(Oc1ccc(C(=O)c2ccc(N)c(N)c2)cc1)c1cc[nH]c1. The Bertz CT molecular complexity index is 871. The molecule has 0 bridgehead atoms. The van der Waals surface area contributed by atoms with Crippen molar-refractivity contribution in [1.82, 2.24) is 4.98 Å². The fraction of sp³-hybridized carbons (Fsp3) is 0.190. The first-order valence-electron chi connectivity index (χ1n) is 8.67. The molecule has 5 heteroatoms. The standard InChI is InChI=1S/C21H23N3O2/c1-2-3-20(16-10-11-24-13-16)26-17-7-4-14(5-8-17)21(25)15-6-9-18(22)19(23)12-15/h4-13,20,24H,2-3,22-23H2,1H3. The molecule has 0 amide bonds. The zero-order valence-corrected chi connectivity index (χ0v) is 14.7. The summed E-state index contributed by atoms with van der Waals surface area (Å²) in [5.41, 5.74) is 14.6. The molecule has 3 rings (SSSR count). The molecule has 0 fully saturated rings. The van der Waals surface area contributed by atoms with Gasteiger partial charge in [-0.3, -0.25) is 4.79 Å². The largest absolute Gasteiger partial charge is 0.486 e. The molecule has 0 saturated heterocycles. The van der Waals surface area contributed by atoms with Gasteiger partial charge in [-0.1, -0.05) is 13.3 Å². The number of hydrogen-bond donors (Lipinski definition) is 3. The predicted octanol–water partition coefficient (Wildman–Crippen LogP) is 4.33. The highest BCUT2D eigenvalue weighted by atomic mass is 16.5. The van der Waals surface area contributed by atoms with Crippen LogP contribution in [0.5, 0.6) is 5.75 Å². The molecule has 2 aromatic carbocycles. The number of anilines is 2. The molecule has 5 nitrogen and oxygen atoms in total. The van der Waals surface area contributed by atoms with Crippen molar-refractivity contribution in [2.24, 2.45) is 0 Å². The summed E-state index contributed by atoms with van der Waals surface area (Å²) < 4.78 is 6.11. The lowest BCUT2D eigenvalue weighted by Gasteiger charge is -2.18. The number of carbonyl (C=O) groups excluding carboxylic acids is 1. The highest BCUT2D eigenvalue weighted by Crippen LogP contribution is 2.26. The smallest absolute Gasteiger partial charge is 0.193 e. The molecule has 3 aromatic rings. The fourth-order valence-corrected chi connectivity index (χ4v) is 2.82. The fourth-order valence-electron chi connectivity index (χ4n) is 2.82. The molecule has 0 radical (unpaired) electrons. The van der Waals surface area contributed by atoms with Crippen LogP contribution in [0.15, 0.2) is 60.9 Å². The zero-order chi connectivity index (χ0) is 18.5. The van der Waals surface area contributed by atoms with Crippen LogP contribution in [0.4, 0.5) is 11.4 Å². The van der Waals surface area contributed by atoms with Crippen LogP contribution < -0.4 is 16.2 Å². The van der Waals surface area contributed by atoms with Crippen molar-refractivity contribution in [2.45, 2.75) is 25.9 Å². The van der Waals surface area contributed by atoms with E-state index in [4.69, 9.17) is 16.2 Å². The van der Waals surface area contributed by atoms with E-state index in [0.717, 1.165) is 24.2 Å². The number of nitrogens with one attached hydrogen (secondary N) is 1. The minimum absolute atomic E-state index is 0.00954. The molecule has 0 aliphatic rings. The summed E-state index contributed by atoms with van der Waals surface area (Å²) in [5.74, 6) is 0.636. The molecule has 0 aliphatic carbocycles. The Labute approximate surface area is 153 Å². The minimum atomic E-state index is -0.0982. The summed E-state index contributed by atoms with van der Waals surface area (Å²) in [5, 5.41) is 0. The lowest BCUT2D eigenvalue weighted by Crippen LogP contribution is -2.07. The molecule has 0 aliphatic heterocycles. The average Bonchev–Trinajstić information content (AvgIpc) is 3.18. The Morgan fingerprint density at radius 3 is 2.38 bits per heavy atom. The molecule has 0 spiro atoms. The third-order valence-corrected chi connectivity index (χ3v) is 4.29. The van der Waals surface area contributed by atoms with Crippen molar-refractivity contribution in [1.29, 1.82) is 0 Å². The number of aromatic nitrogens is 1. The molecule has 1 atom stereocenters. The molecule has 5 N–H and O–H groups in total. The summed E-state index contributed by atoms with van der Waals surface area (Å²) in [6, 6.07) is 14.1. The number of ketones is 1. The topological polar surface area (TPSA) is 94.1 Å². The third kappa shape index (κ3) is 3.88. The van der Waals surface area contributed by atoms with E-state index in [1.54, 1.807) is 30.3 Å². The van der Waals surface area contributed by atoms with Gasteiger partial charge in [-0.2, -0.15) is 0 Å². The van der Waals surface area contributed by atoms with E-state index >= 15 is 0 Å². The predicted molar refractivity (Wildman–Crippen MR) is 104 cm³/mol. The van der Waals surface area contributed by atoms with Gasteiger partial charge in [0.15, 0.2) is 5.78 Å². The molecular formula is C21H23N3O2. The minimum Gasteiger partial charge on any atom is -0.486 e. The summed E-state index contributed by atoms with van der Waals surface area (Å²) in [6.07, 6.45) is 5.77. The maximum Gasteiger partial charge on any atom is 0.193 e. The number of rotatable bonds is 7. The van der Waals surface area contributed by atoms with E-state index in [0.29, 0.717) is 22.5 Å². The summed E-state index contributed by atoms with van der Waals surface area (Å²) in [4.78, 5) is 15.7. The van der Waals surface area contributed by atoms with Gasteiger partial charge in [-0.25, -0.2) is 0 Å². The van der Waals surface area contributed by atoms with Gasteiger partial charge in [0.1, 0.15) is 11.9 Å².